The Balaban J connectivity index is 1.78. The van der Waals surface area contributed by atoms with Gasteiger partial charge in [0.2, 0.25) is 0 Å². The molecule has 15 heteroatoms. The van der Waals surface area contributed by atoms with Gasteiger partial charge in [-0.3, -0.25) is 4.57 Å². The van der Waals surface area contributed by atoms with Gasteiger partial charge in [-0.05, 0) is 43.3 Å². The van der Waals surface area contributed by atoms with Crippen molar-refractivity contribution in [3.63, 3.8) is 0 Å². The lowest BCUT2D eigenvalue weighted by molar-refractivity contribution is -0.207. The van der Waals surface area contributed by atoms with Crippen LogP contribution in [0.25, 0.3) is 17.2 Å². The van der Waals surface area contributed by atoms with Gasteiger partial charge >= 0.3 is 11.9 Å². The minimum Gasteiger partial charge on any atom is -0.382 e. The number of nitrogens with two attached hydrogens (primary N) is 1. The molecule has 2 atom stereocenters. The summed E-state index contributed by atoms with van der Waals surface area (Å²) in [4.78, 5) is 21.6. The zero-order valence-corrected chi connectivity index (χ0v) is 20.1. The van der Waals surface area contributed by atoms with Gasteiger partial charge in [0.15, 0.2) is 29.4 Å². The van der Waals surface area contributed by atoms with E-state index in [-0.39, 0.29) is 29.0 Å². The van der Waals surface area contributed by atoms with E-state index >= 15 is 0 Å². The molecule has 190 valence electrons. The molecule has 0 saturated carbocycles. The van der Waals surface area contributed by atoms with E-state index in [1.807, 2.05) is 0 Å². The van der Waals surface area contributed by atoms with Crippen molar-refractivity contribution in [2.45, 2.75) is 38.3 Å². The van der Waals surface area contributed by atoms with Crippen molar-refractivity contribution in [2.75, 3.05) is 0 Å². The summed E-state index contributed by atoms with van der Waals surface area (Å²) in [6, 6.07) is 8.64. The van der Waals surface area contributed by atoms with E-state index in [0.717, 1.165) is 9.25 Å². The summed E-state index contributed by atoms with van der Waals surface area (Å²) in [5.41, 5.74) is 5.44. The van der Waals surface area contributed by atoms with Crippen molar-refractivity contribution in [3.05, 3.63) is 74.8 Å². The maximum Gasteiger partial charge on any atom is 0.416 e. The molecule has 0 aliphatic rings. The molecule has 0 aliphatic carbocycles. The minimum atomic E-state index is -4.94. The van der Waals surface area contributed by atoms with Crippen LogP contribution < -0.4 is 11.4 Å². The Hall–Kier alpha value is -3.26. The number of hydrogen-bond donors (Lipinski definition) is 2. The molecule has 3 heterocycles. The number of rotatable bonds is 7. The maximum absolute atomic E-state index is 13.1. The van der Waals surface area contributed by atoms with Gasteiger partial charge < -0.3 is 10.8 Å². The number of halogens is 5. The predicted octanol–water partition coefficient (Wildman–Crippen LogP) is 2.99. The molecule has 0 bridgehead atoms. The zero-order valence-electron chi connectivity index (χ0n) is 18.6. The van der Waals surface area contributed by atoms with Crippen molar-refractivity contribution in [3.8, 4) is 17.2 Å². The Morgan fingerprint density at radius 1 is 1.14 bits per heavy atom. The van der Waals surface area contributed by atoms with Crippen LogP contribution in [0.5, 0.6) is 0 Å². The fraction of sp³-hybridized carbons (Fsp3) is 0.286. The highest BCUT2D eigenvalue weighted by Crippen LogP contribution is 2.24. The Labute approximate surface area is 211 Å². The van der Waals surface area contributed by atoms with Gasteiger partial charge in [0, 0.05) is 16.8 Å². The molecule has 1 aromatic carbocycles. The van der Waals surface area contributed by atoms with Crippen LogP contribution in [-0.4, -0.2) is 51.5 Å². The van der Waals surface area contributed by atoms with E-state index in [9.17, 15) is 23.1 Å². The highest BCUT2D eigenvalue weighted by Gasteiger charge is 2.39. The molecule has 0 saturated heterocycles. The van der Waals surface area contributed by atoms with Crippen LogP contribution in [0.15, 0.2) is 47.4 Å². The van der Waals surface area contributed by atoms with E-state index in [2.05, 4.69) is 20.2 Å². The average Bonchev–Trinajstić information content (AvgIpc) is 3.36. The van der Waals surface area contributed by atoms with Crippen LogP contribution in [-0.2, 0) is 13.1 Å². The molecule has 4 aromatic rings. The lowest BCUT2D eigenvalue weighted by Crippen LogP contribution is -2.37. The maximum atomic E-state index is 13.1. The van der Waals surface area contributed by atoms with Crippen molar-refractivity contribution < 1.29 is 18.3 Å². The van der Waals surface area contributed by atoms with Crippen molar-refractivity contribution in [2.24, 2.45) is 5.73 Å². The molecule has 4 rings (SSSR count). The SMILES string of the molecule is CC(N)c1nc(Cn2nc(-c3ccc(Cl)cc3)n(C[C@H](O)C(F)(F)F)c2=O)nn1-c1ncccc1Cl. The largest absolute Gasteiger partial charge is 0.416 e. The second kappa shape index (κ2) is 10.0. The summed E-state index contributed by atoms with van der Waals surface area (Å²) in [7, 11) is 0. The van der Waals surface area contributed by atoms with Crippen molar-refractivity contribution >= 4 is 23.2 Å². The molecule has 10 nitrogen and oxygen atoms in total. The summed E-state index contributed by atoms with van der Waals surface area (Å²) in [6.07, 6.45) is -6.22. The smallest absolute Gasteiger partial charge is 0.382 e. The van der Waals surface area contributed by atoms with E-state index in [0.29, 0.717) is 16.4 Å². The first-order valence-electron chi connectivity index (χ1n) is 10.5. The van der Waals surface area contributed by atoms with Crippen LogP contribution in [0.3, 0.4) is 0 Å². The van der Waals surface area contributed by atoms with E-state index in [1.54, 1.807) is 19.1 Å². The van der Waals surface area contributed by atoms with Crippen molar-refractivity contribution in [1.82, 2.24) is 34.1 Å². The molecule has 0 amide bonds. The van der Waals surface area contributed by atoms with Gasteiger partial charge in [-0.2, -0.15) is 17.9 Å². The van der Waals surface area contributed by atoms with Crippen LogP contribution in [0, 0.1) is 0 Å². The summed E-state index contributed by atoms with van der Waals surface area (Å²) in [6.45, 7) is 0.307. The third kappa shape index (κ3) is 5.28. The van der Waals surface area contributed by atoms with Crippen molar-refractivity contribution in [1.29, 1.82) is 0 Å². The molecular formula is C21H19Cl2F3N8O2. The number of aromatic nitrogens is 7. The highest BCUT2D eigenvalue weighted by atomic mass is 35.5. The fourth-order valence-electron chi connectivity index (χ4n) is 3.35. The number of hydrogen-bond acceptors (Lipinski definition) is 7. The number of benzene rings is 1. The van der Waals surface area contributed by atoms with Gasteiger partial charge in [-0.15, -0.1) is 10.2 Å². The first-order valence-corrected chi connectivity index (χ1v) is 11.2. The predicted molar refractivity (Wildman–Crippen MR) is 125 cm³/mol. The van der Waals surface area contributed by atoms with Gasteiger partial charge in [-0.25, -0.2) is 19.4 Å². The van der Waals surface area contributed by atoms with Gasteiger partial charge in [0.05, 0.1) is 17.6 Å². The molecular weight excluding hydrogens is 524 g/mol. The molecule has 0 spiro atoms. The number of aliphatic hydroxyl groups excluding tert-OH is 1. The number of alkyl halides is 3. The molecule has 0 fully saturated rings. The Bertz CT molecular complexity index is 1430. The monoisotopic (exact) mass is 542 g/mol. The average molecular weight is 543 g/mol. The normalized spacial score (nSPS) is 13.7. The van der Waals surface area contributed by atoms with Crippen LogP contribution in [0.1, 0.15) is 24.6 Å². The molecule has 0 radical (unpaired) electrons. The molecule has 3 N–H and O–H groups in total. The third-order valence-corrected chi connectivity index (χ3v) is 5.62. The number of nitrogens with zero attached hydrogens (tertiary/aromatic N) is 7. The molecule has 0 aliphatic heterocycles. The molecule has 1 unspecified atom stereocenters. The van der Waals surface area contributed by atoms with Gasteiger partial charge in [-0.1, -0.05) is 23.2 Å². The lowest BCUT2D eigenvalue weighted by atomic mass is 10.2. The first-order chi connectivity index (χ1) is 17.0. The summed E-state index contributed by atoms with van der Waals surface area (Å²) in [5, 5.41) is 18.8. The summed E-state index contributed by atoms with van der Waals surface area (Å²) in [5.74, 6) is 0.552. The summed E-state index contributed by atoms with van der Waals surface area (Å²) >= 11 is 12.1. The minimum absolute atomic E-state index is 0.0924. The molecule has 3 aromatic heterocycles. The number of aliphatic hydroxyl groups is 1. The quantitative estimate of drug-likeness (QED) is 0.367. The molecule has 36 heavy (non-hydrogen) atoms. The van der Waals surface area contributed by atoms with Gasteiger partial charge in [0.25, 0.3) is 0 Å². The third-order valence-electron chi connectivity index (χ3n) is 5.07. The van der Waals surface area contributed by atoms with E-state index < -0.39 is 30.6 Å². The Morgan fingerprint density at radius 3 is 2.44 bits per heavy atom. The van der Waals surface area contributed by atoms with Crippen LogP contribution >= 0.6 is 23.2 Å². The fourth-order valence-corrected chi connectivity index (χ4v) is 3.68. The summed E-state index contributed by atoms with van der Waals surface area (Å²) < 4.78 is 42.2. The Morgan fingerprint density at radius 2 is 1.83 bits per heavy atom. The topological polar surface area (TPSA) is 130 Å². The second-order valence-electron chi connectivity index (χ2n) is 7.83. The van der Waals surface area contributed by atoms with E-state index in [4.69, 9.17) is 28.9 Å². The van der Waals surface area contributed by atoms with Crippen LogP contribution in [0.4, 0.5) is 13.2 Å². The standard InChI is InChI=1S/C21H19Cl2F3N8O2/c1-11(27)17-29-16(30-34(17)19-14(23)3-2-8-28-19)10-33-20(36)32(9-15(35)21(24,25)26)18(31-33)12-4-6-13(22)7-5-12/h2-8,11,15,35H,9-10,27H2,1H3/t11?,15-/m0/s1. The van der Waals surface area contributed by atoms with Gasteiger partial charge in [0.1, 0.15) is 6.54 Å². The highest BCUT2D eigenvalue weighted by molar-refractivity contribution is 6.32. The van der Waals surface area contributed by atoms with E-state index in [1.165, 1.54) is 35.1 Å². The lowest BCUT2D eigenvalue weighted by Gasteiger charge is -2.15. The Kier molecular flexibility index (Phi) is 7.18. The second-order valence-corrected chi connectivity index (χ2v) is 8.68. The first kappa shape index (κ1) is 25.8. The van der Waals surface area contributed by atoms with Crippen LogP contribution in [0.2, 0.25) is 10.0 Å². The number of pyridine rings is 1. The zero-order chi connectivity index (χ0) is 26.2.